The molecule has 0 aromatic carbocycles. The summed E-state index contributed by atoms with van der Waals surface area (Å²) in [5.41, 5.74) is 6.16. The van der Waals surface area contributed by atoms with E-state index >= 15 is 0 Å². The summed E-state index contributed by atoms with van der Waals surface area (Å²) in [5, 5.41) is 0. The summed E-state index contributed by atoms with van der Waals surface area (Å²) in [6, 6.07) is 1.49. The van der Waals surface area contributed by atoms with Crippen molar-refractivity contribution >= 4 is 17.2 Å². The maximum absolute atomic E-state index is 5.71. The largest absolute Gasteiger partial charge is 0.393 e. The van der Waals surface area contributed by atoms with Gasteiger partial charge in [-0.3, -0.25) is 4.90 Å². The Morgan fingerprint density at radius 2 is 1.88 bits per heavy atom. The monoisotopic (exact) mass is 240 g/mol. The van der Waals surface area contributed by atoms with Crippen molar-refractivity contribution < 1.29 is 0 Å². The van der Waals surface area contributed by atoms with Crippen LogP contribution in [0.25, 0.3) is 0 Å². The van der Waals surface area contributed by atoms with E-state index in [1.807, 2.05) is 0 Å². The minimum absolute atomic E-state index is 0.450. The highest BCUT2D eigenvalue weighted by atomic mass is 32.1. The van der Waals surface area contributed by atoms with E-state index in [2.05, 4.69) is 18.7 Å². The van der Waals surface area contributed by atoms with Crippen molar-refractivity contribution in [2.45, 2.75) is 64.5 Å². The molecular formula is C13H24N2S. The molecule has 1 saturated carbocycles. The summed E-state index contributed by atoms with van der Waals surface area (Å²) in [6.45, 7) is 5.95. The lowest BCUT2D eigenvalue weighted by Gasteiger charge is -2.41. The lowest BCUT2D eigenvalue weighted by atomic mass is 9.93. The number of nitrogens with two attached hydrogens (primary N) is 1. The summed E-state index contributed by atoms with van der Waals surface area (Å²) in [5.74, 6) is 0. The van der Waals surface area contributed by atoms with E-state index < -0.39 is 0 Å². The minimum Gasteiger partial charge on any atom is -0.393 e. The number of thiocarbonyl (C=S) groups is 1. The van der Waals surface area contributed by atoms with Crippen molar-refractivity contribution in [2.24, 2.45) is 11.1 Å². The van der Waals surface area contributed by atoms with Crippen LogP contribution in [0.15, 0.2) is 0 Å². The molecule has 1 heterocycles. The number of likely N-dealkylation sites (tertiary alicyclic amines) is 1. The summed E-state index contributed by atoms with van der Waals surface area (Å²) in [7, 11) is 0. The molecule has 1 aliphatic carbocycles. The van der Waals surface area contributed by atoms with E-state index in [0.717, 1.165) is 18.5 Å². The third kappa shape index (κ3) is 2.75. The van der Waals surface area contributed by atoms with Gasteiger partial charge in [-0.15, -0.1) is 0 Å². The Kier molecular flexibility index (Phi) is 3.55. The lowest BCUT2D eigenvalue weighted by molar-refractivity contribution is 0.0797. The molecule has 1 saturated heterocycles. The van der Waals surface area contributed by atoms with Crippen molar-refractivity contribution in [3.63, 3.8) is 0 Å². The first-order valence-corrected chi connectivity index (χ1v) is 6.97. The Labute approximate surface area is 105 Å². The van der Waals surface area contributed by atoms with Crippen molar-refractivity contribution in [2.75, 3.05) is 6.54 Å². The summed E-state index contributed by atoms with van der Waals surface area (Å²) in [4.78, 5) is 3.39. The first kappa shape index (κ1) is 12.3. The standard InChI is InChI=1S/C13H24N2S/c1-10-4-3-5-11(2)15(10)9-13(6-7-13)8-12(14)16/h10-11H,3-9H2,1-2H3,(H2,14,16)/t10-,11+. The number of hydrogen-bond acceptors (Lipinski definition) is 2. The van der Waals surface area contributed by atoms with E-state index in [0.29, 0.717) is 10.4 Å². The van der Waals surface area contributed by atoms with Gasteiger partial charge >= 0.3 is 0 Å². The molecule has 0 amide bonds. The van der Waals surface area contributed by atoms with Gasteiger partial charge in [0.05, 0.1) is 4.99 Å². The molecule has 0 unspecified atom stereocenters. The molecule has 92 valence electrons. The van der Waals surface area contributed by atoms with Crippen molar-refractivity contribution in [1.29, 1.82) is 0 Å². The fourth-order valence-electron chi connectivity index (χ4n) is 3.11. The second-order valence-corrected chi connectivity index (χ2v) is 6.47. The molecule has 0 bridgehead atoms. The first-order chi connectivity index (χ1) is 7.52. The normalized spacial score (nSPS) is 33.6. The van der Waals surface area contributed by atoms with E-state index in [4.69, 9.17) is 18.0 Å². The Hall–Kier alpha value is -0.150. The third-order valence-electron chi connectivity index (χ3n) is 4.40. The maximum atomic E-state index is 5.71. The minimum atomic E-state index is 0.450. The van der Waals surface area contributed by atoms with Crippen LogP contribution in [0, 0.1) is 5.41 Å². The van der Waals surface area contributed by atoms with Gasteiger partial charge in [0.1, 0.15) is 0 Å². The highest BCUT2D eigenvalue weighted by molar-refractivity contribution is 7.80. The van der Waals surface area contributed by atoms with Crippen LogP contribution in [0.4, 0.5) is 0 Å². The lowest BCUT2D eigenvalue weighted by Crippen LogP contribution is -2.47. The predicted octanol–water partition coefficient (Wildman–Crippen LogP) is 2.71. The second kappa shape index (κ2) is 4.61. The molecule has 2 nitrogen and oxygen atoms in total. The fraction of sp³-hybridized carbons (Fsp3) is 0.923. The van der Waals surface area contributed by atoms with Crippen LogP contribution in [0.2, 0.25) is 0 Å². The van der Waals surface area contributed by atoms with Crippen LogP contribution in [-0.2, 0) is 0 Å². The van der Waals surface area contributed by atoms with Crippen LogP contribution in [0.1, 0.15) is 52.4 Å². The van der Waals surface area contributed by atoms with Crippen LogP contribution in [0.3, 0.4) is 0 Å². The summed E-state index contributed by atoms with van der Waals surface area (Å²) >= 11 is 5.07. The van der Waals surface area contributed by atoms with Gasteiger partial charge in [0, 0.05) is 25.0 Å². The topological polar surface area (TPSA) is 29.3 Å². The van der Waals surface area contributed by atoms with Gasteiger partial charge in [0.2, 0.25) is 0 Å². The average Bonchev–Trinajstić information content (AvgIpc) is 2.91. The highest BCUT2D eigenvalue weighted by Gasteiger charge is 2.45. The Morgan fingerprint density at radius 1 is 1.31 bits per heavy atom. The maximum Gasteiger partial charge on any atom is 0.0733 e. The van der Waals surface area contributed by atoms with E-state index in [1.54, 1.807) is 0 Å². The third-order valence-corrected chi connectivity index (χ3v) is 4.54. The number of piperidine rings is 1. The molecule has 0 aromatic heterocycles. The number of nitrogens with zero attached hydrogens (tertiary/aromatic N) is 1. The van der Waals surface area contributed by atoms with Crippen LogP contribution in [-0.4, -0.2) is 28.5 Å². The molecule has 16 heavy (non-hydrogen) atoms. The van der Waals surface area contributed by atoms with Gasteiger partial charge in [-0.05, 0) is 44.9 Å². The Bertz CT molecular complexity index is 263. The first-order valence-electron chi connectivity index (χ1n) is 6.56. The molecule has 2 fully saturated rings. The molecule has 2 atom stereocenters. The predicted molar refractivity (Wildman–Crippen MR) is 72.6 cm³/mol. The summed E-state index contributed by atoms with van der Waals surface area (Å²) < 4.78 is 0. The molecule has 3 heteroatoms. The van der Waals surface area contributed by atoms with Gasteiger partial charge in [0.25, 0.3) is 0 Å². The zero-order valence-corrected chi connectivity index (χ0v) is 11.4. The zero-order chi connectivity index (χ0) is 11.8. The van der Waals surface area contributed by atoms with Crippen LogP contribution < -0.4 is 5.73 Å². The molecule has 1 aliphatic heterocycles. The van der Waals surface area contributed by atoms with Gasteiger partial charge in [-0.1, -0.05) is 18.6 Å². The number of hydrogen-bond donors (Lipinski definition) is 1. The van der Waals surface area contributed by atoms with E-state index in [1.165, 1.54) is 38.6 Å². The fourth-order valence-corrected chi connectivity index (χ4v) is 3.42. The van der Waals surface area contributed by atoms with E-state index in [-0.39, 0.29) is 0 Å². The molecule has 0 aromatic rings. The molecule has 2 N–H and O–H groups in total. The van der Waals surface area contributed by atoms with Crippen molar-refractivity contribution in [3.8, 4) is 0 Å². The molecule has 2 aliphatic rings. The molecule has 0 spiro atoms. The van der Waals surface area contributed by atoms with Crippen molar-refractivity contribution in [1.82, 2.24) is 4.90 Å². The molecule has 2 rings (SSSR count). The SMILES string of the molecule is C[C@@H]1CCC[C@H](C)N1CC1(CC(N)=S)CC1. The highest BCUT2D eigenvalue weighted by Crippen LogP contribution is 2.50. The van der Waals surface area contributed by atoms with Crippen LogP contribution in [0.5, 0.6) is 0 Å². The van der Waals surface area contributed by atoms with Gasteiger partial charge < -0.3 is 5.73 Å². The number of rotatable bonds is 4. The zero-order valence-electron chi connectivity index (χ0n) is 10.5. The van der Waals surface area contributed by atoms with E-state index in [9.17, 15) is 0 Å². The molecule has 0 radical (unpaired) electrons. The second-order valence-electron chi connectivity index (χ2n) is 5.94. The average molecular weight is 240 g/mol. The van der Waals surface area contributed by atoms with Crippen LogP contribution >= 0.6 is 12.2 Å². The molecular weight excluding hydrogens is 216 g/mol. The van der Waals surface area contributed by atoms with Gasteiger partial charge in [0.15, 0.2) is 0 Å². The quantitative estimate of drug-likeness (QED) is 0.766. The Morgan fingerprint density at radius 3 is 2.31 bits per heavy atom. The van der Waals surface area contributed by atoms with Crippen molar-refractivity contribution in [3.05, 3.63) is 0 Å². The Balaban J connectivity index is 1.94. The smallest absolute Gasteiger partial charge is 0.0733 e. The van der Waals surface area contributed by atoms with Gasteiger partial charge in [-0.2, -0.15) is 0 Å². The summed E-state index contributed by atoms with van der Waals surface area (Å²) in [6.07, 6.45) is 7.70. The van der Waals surface area contributed by atoms with Gasteiger partial charge in [-0.25, -0.2) is 0 Å².